The molecule has 2 aromatic carbocycles. The Hall–Kier alpha value is -2.86. The Balaban J connectivity index is 1.70. The van der Waals surface area contributed by atoms with Gasteiger partial charge in [-0.2, -0.15) is 0 Å². The van der Waals surface area contributed by atoms with E-state index < -0.39 is 11.8 Å². The van der Waals surface area contributed by atoms with Crippen molar-refractivity contribution in [3.05, 3.63) is 64.2 Å². The first kappa shape index (κ1) is 20.5. The topological polar surface area (TPSA) is 84.5 Å². The summed E-state index contributed by atoms with van der Waals surface area (Å²) in [5, 5.41) is 0.537. The van der Waals surface area contributed by atoms with Crippen LogP contribution in [0.4, 0.5) is 0 Å². The molecule has 2 aromatic rings. The Morgan fingerprint density at radius 1 is 0.926 bits per heavy atom. The number of halogens is 1. The maximum absolute atomic E-state index is 12.0. The number of amides is 2. The molecule has 0 unspecified atom stereocenters. The molecule has 6 nitrogen and oxygen atoms in total. The second-order valence-electron chi connectivity index (χ2n) is 6.08. The molecule has 0 bridgehead atoms. The summed E-state index contributed by atoms with van der Waals surface area (Å²) in [6, 6.07) is 12.1. The number of Topliss-reactive ketones (excluding diaryl/α,β-unsaturated/α-hetero) is 1. The van der Waals surface area contributed by atoms with Crippen molar-refractivity contribution in [2.24, 2.45) is 0 Å². The molecule has 0 aliphatic rings. The van der Waals surface area contributed by atoms with E-state index in [9.17, 15) is 14.4 Å². The molecular formula is C20H21ClN2O4. The Morgan fingerprint density at radius 3 is 2.30 bits per heavy atom. The fourth-order valence-corrected chi connectivity index (χ4v) is 2.38. The lowest BCUT2D eigenvalue weighted by Gasteiger charge is -2.11. The van der Waals surface area contributed by atoms with Crippen LogP contribution in [0, 0.1) is 13.8 Å². The molecule has 0 aliphatic carbocycles. The number of hydrogen-bond acceptors (Lipinski definition) is 4. The Bertz CT molecular complexity index is 834. The quantitative estimate of drug-likeness (QED) is 0.563. The summed E-state index contributed by atoms with van der Waals surface area (Å²) in [5.74, 6) is -0.512. The number of aryl methyl sites for hydroxylation is 2. The van der Waals surface area contributed by atoms with E-state index in [-0.39, 0.29) is 25.2 Å². The van der Waals surface area contributed by atoms with E-state index in [0.29, 0.717) is 16.3 Å². The summed E-state index contributed by atoms with van der Waals surface area (Å²) < 4.78 is 5.45. The molecule has 0 heterocycles. The van der Waals surface area contributed by atoms with Gasteiger partial charge in [0.2, 0.25) is 5.91 Å². The number of rotatable bonds is 7. The lowest BCUT2D eigenvalue weighted by Crippen LogP contribution is -2.43. The van der Waals surface area contributed by atoms with Gasteiger partial charge in [0.05, 0.1) is 0 Å². The minimum absolute atomic E-state index is 0.0301. The van der Waals surface area contributed by atoms with Crippen LogP contribution in [0.5, 0.6) is 5.75 Å². The molecule has 0 atom stereocenters. The number of carbonyl (C=O) groups is 3. The molecule has 0 spiro atoms. The van der Waals surface area contributed by atoms with Gasteiger partial charge in [-0.25, -0.2) is 0 Å². The summed E-state index contributed by atoms with van der Waals surface area (Å²) in [6.07, 6.45) is -0.0120. The van der Waals surface area contributed by atoms with Crippen LogP contribution < -0.4 is 15.6 Å². The van der Waals surface area contributed by atoms with Crippen LogP contribution in [-0.4, -0.2) is 24.2 Å². The number of hydrazine groups is 1. The third-order valence-electron chi connectivity index (χ3n) is 3.79. The second-order valence-corrected chi connectivity index (χ2v) is 6.52. The van der Waals surface area contributed by atoms with E-state index in [1.54, 1.807) is 24.3 Å². The minimum Gasteiger partial charge on any atom is -0.483 e. The average molecular weight is 389 g/mol. The van der Waals surface area contributed by atoms with Crippen molar-refractivity contribution in [3.63, 3.8) is 0 Å². The first-order valence-electron chi connectivity index (χ1n) is 8.41. The number of benzene rings is 2. The average Bonchev–Trinajstić information content (AvgIpc) is 2.65. The van der Waals surface area contributed by atoms with Gasteiger partial charge in [-0.1, -0.05) is 23.7 Å². The van der Waals surface area contributed by atoms with Gasteiger partial charge < -0.3 is 4.74 Å². The molecule has 142 valence electrons. The number of nitrogens with one attached hydrogen (secondary N) is 2. The fraction of sp³-hybridized carbons (Fsp3) is 0.250. The summed E-state index contributed by atoms with van der Waals surface area (Å²) in [4.78, 5) is 35.5. The van der Waals surface area contributed by atoms with Crippen molar-refractivity contribution in [2.75, 3.05) is 6.61 Å². The zero-order valence-corrected chi connectivity index (χ0v) is 15.9. The summed E-state index contributed by atoms with van der Waals surface area (Å²) in [7, 11) is 0. The Kier molecular flexibility index (Phi) is 7.37. The highest BCUT2D eigenvalue weighted by atomic mass is 35.5. The number of ether oxygens (including phenoxy) is 1. The van der Waals surface area contributed by atoms with Gasteiger partial charge in [0.15, 0.2) is 12.4 Å². The third-order valence-corrected chi connectivity index (χ3v) is 4.04. The first-order valence-corrected chi connectivity index (χ1v) is 8.79. The third kappa shape index (κ3) is 6.75. The predicted octanol–water partition coefficient (Wildman–Crippen LogP) is 3.15. The highest BCUT2D eigenvalue weighted by molar-refractivity contribution is 6.30. The van der Waals surface area contributed by atoms with Gasteiger partial charge in [-0.3, -0.25) is 25.2 Å². The monoisotopic (exact) mass is 388 g/mol. The molecule has 7 heteroatoms. The molecule has 27 heavy (non-hydrogen) atoms. The van der Waals surface area contributed by atoms with Gasteiger partial charge in [-0.15, -0.1) is 0 Å². The highest BCUT2D eigenvalue weighted by Crippen LogP contribution is 2.18. The van der Waals surface area contributed by atoms with Gasteiger partial charge in [0.1, 0.15) is 5.75 Å². The lowest BCUT2D eigenvalue weighted by atomic mass is 10.1. The van der Waals surface area contributed by atoms with Crippen LogP contribution in [-0.2, 0) is 9.59 Å². The van der Waals surface area contributed by atoms with Crippen LogP contribution >= 0.6 is 11.6 Å². The molecule has 0 aliphatic heterocycles. The van der Waals surface area contributed by atoms with Crippen LogP contribution in [0.2, 0.25) is 5.02 Å². The molecular weight excluding hydrogens is 368 g/mol. The molecule has 0 saturated carbocycles. The zero-order valence-electron chi connectivity index (χ0n) is 15.2. The summed E-state index contributed by atoms with van der Waals surface area (Å²) >= 11 is 5.77. The smallest absolute Gasteiger partial charge is 0.276 e. The van der Waals surface area contributed by atoms with Crippen molar-refractivity contribution in [1.82, 2.24) is 10.9 Å². The predicted molar refractivity (Wildman–Crippen MR) is 103 cm³/mol. The van der Waals surface area contributed by atoms with Crippen molar-refractivity contribution >= 4 is 29.2 Å². The van der Waals surface area contributed by atoms with Crippen LogP contribution in [0.1, 0.15) is 34.3 Å². The Morgan fingerprint density at radius 2 is 1.59 bits per heavy atom. The van der Waals surface area contributed by atoms with Crippen LogP contribution in [0.25, 0.3) is 0 Å². The maximum atomic E-state index is 12.0. The maximum Gasteiger partial charge on any atom is 0.276 e. The molecule has 2 rings (SSSR count). The minimum atomic E-state index is -0.492. The van der Waals surface area contributed by atoms with E-state index in [1.807, 2.05) is 32.0 Å². The lowest BCUT2D eigenvalue weighted by molar-refractivity contribution is -0.130. The van der Waals surface area contributed by atoms with E-state index >= 15 is 0 Å². The first-order chi connectivity index (χ1) is 12.8. The van der Waals surface area contributed by atoms with E-state index in [4.69, 9.17) is 16.3 Å². The van der Waals surface area contributed by atoms with Gasteiger partial charge in [-0.05, 0) is 55.3 Å². The number of ketones is 1. The summed E-state index contributed by atoms with van der Waals surface area (Å²) in [5.41, 5.74) is 6.96. The van der Waals surface area contributed by atoms with E-state index in [1.165, 1.54) is 0 Å². The standard InChI is InChI=1S/C20H21ClN2O4/c1-13-3-4-14(2)18(11-13)27-12-20(26)23-22-19(25)10-9-17(24)15-5-7-16(21)8-6-15/h3-8,11H,9-10,12H2,1-2H3,(H,22,25)(H,23,26). The molecule has 0 fully saturated rings. The van der Waals surface area contributed by atoms with Gasteiger partial charge >= 0.3 is 0 Å². The molecule has 2 N–H and O–H groups in total. The van der Waals surface area contributed by atoms with Crippen molar-refractivity contribution < 1.29 is 19.1 Å². The number of hydrogen-bond donors (Lipinski definition) is 2. The van der Waals surface area contributed by atoms with E-state index in [2.05, 4.69) is 10.9 Å². The van der Waals surface area contributed by atoms with Crippen molar-refractivity contribution in [1.29, 1.82) is 0 Å². The van der Waals surface area contributed by atoms with Crippen molar-refractivity contribution in [3.8, 4) is 5.75 Å². The largest absolute Gasteiger partial charge is 0.483 e. The van der Waals surface area contributed by atoms with Crippen LogP contribution in [0.3, 0.4) is 0 Å². The van der Waals surface area contributed by atoms with Gasteiger partial charge in [0, 0.05) is 23.4 Å². The second kappa shape index (κ2) is 9.73. The molecule has 0 aromatic heterocycles. The zero-order chi connectivity index (χ0) is 19.8. The fourth-order valence-electron chi connectivity index (χ4n) is 2.25. The number of carbonyl (C=O) groups excluding carboxylic acids is 3. The SMILES string of the molecule is Cc1ccc(C)c(OCC(=O)NNC(=O)CCC(=O)c2ccc(Cl)cc2)c1. The molecule has 2 amide bonds. The Labute approximate surface area is 162 Å². The van der Waals surface area contributed by atoms with Crippen LogP contribution in [0.15, 0.2) is 42.5 Å². The highest BCUT2D eigenvalue weighted by Gasteiger charge is 2.11. The molecule has 0 saturated heterocycles. The van der Waals surface area contributed by atoms with E-state index in [0.717, 1.165) is 11.1 Å². The normalized spacial score (nSPS) is 10.2. The van der Waals surface area contributed by atoms with Gasteiger partial charge in [0.25, 0.3) is 5.91 Å². The summed E-state index contributed by atoms with van der Waals surface area (Å²) in [6.45, 7) is 3.58. The van der Waals surface area contributed by atoms with Crippen molar-refractivity contribution in [2.45, 2.75) is 26.7 Å². The molecule has 0 radical (unpaired) electrons.